The number of benzene rings is 3. The second kappa shape index (κ2) is 6.52. The lowest BCUT2D eigenvalue weighted by Gasteiger charge is -2.29. The Morgan fingerprint density at radius 2 is 1.63 bits per heavy atom. The zero-order chi connectivity index (χ0) is 19.1. The van der Waals surface area contributed by atoms with E-state index in [4.69, 9.17) is 0 Å². The van der Waals surface area contributed by atoms with Crippen LogP contribution in [0.25, 0.3) is 10.8 Å². The number of carbonyl (C=O) groups is 2. The standard InChI is InChI=1S/C22H21N3O2/c1-23-20-14(13-24(2)3)12-18-19-16(20)10-7-11-17(19)21(26)25(22(18)27)15-8-5-4-6-9-15/h4-12,23H,13H2,1-3H3. The number of carbonyl (C=O) groups excluding carboxylic acids is 2. The summed E-state index contributed by atoms with van der Waals surface area (Å²) in [5.74, 6) is -0.565. The number of nitrogens with zero attached hydrogens (tertiary/aromatic N) is 2. The molecule has 0 atom stereocenters. The lowest BCUT2D eigenvalue weighted by Crippen LogP contribution is -2.40. The maximum atomic E-state index is 13.3. The first-order valence-electron chi connectivity index (χ1n) is 8.88. The molecule has 2 amide bonds. The van der Waals surface area contributed by atoms with Crippen LogP contribution in [0.15, 0.2) is 54.6 Å². The number of nitrogens with one attached hydrogen (secondary N) is 1. The van der Waals surface area contributed by atoms with E-state index in [1.165, 1.54) is 4.90 Å². The van der Waals surface area contributed by atoms with Gasteiger partial charge in [0.25, 0.3) is 11.8 Å². The Balaban J connectivity index is 2.01. The van der Waals surface area contributed by atoms with E-state index < -0.39 is 0 Å². The molecule has 3 aromatic carbocycles. The van der Waals surface area contributed by atoms with Crippen molar-refractivity contribution in [1.82, 2.24) is 4.90 Å². The summed E-state index contributed by atoms with van der Waals surface area (Å²) in [4.78, 5) is 29.8. The summed E-state index contributed by atoms with van der Waals surface area (Å²) in [5, 5.41) is 4.89. The van der Waals surface area contributed by atoms with Crippen LogP contribution in [0.2, 0.25) is 0 Å². The fourth-order valence-electron chi connectivity index (χ4n) is 3.79. The van der Waals surface area contributed by atoms with Gasteiger partial charge >= 0.3 is 0 Å². The van der Waals surface area contributed by atoms with Gasteiger partial charge in [0.15, 0.2) is 0 Å². The topological polar surface area (TPSA) is 52.7 Å². The lowest BCUT2D eigenvalue weighted by molar-refractivity contribution is 0.0893. The van der Waals surface area contributed by atoms with Crippen molar-refractivity contribution in [3.8, 4) is 0 Å². The van der Waals surface area contributed by atoms with E-state index in [0.717, 1.165) is 22.0 Å². The van der Waals surface area contributed by atoms with E-state index in [2.05, 4.69) is 10.2 Å². The predicted octanol–water partition coefficient (Wildman–Crippen LogP) is 3.74. The van der Waals surface area contributed by atoms with Gasteiger partial charge in [0.2, 0.25) is 0 Å². The van der Waals surface area contributed by atoms with Crippen molar-refractivity contribution in [2.45, 2.75) is 6.54 Å². The molecule has 5 nitrogen and oxygen atoms in total. The average Bonchev–Trinajstić information content (AvgIpc) is 2.66. The number of hydrogen-bond donors (Lipinski definition) is 1. The number of para-hydroxylation sites is 1. The Hall–Kier alpha value is -3.18. The van der Waals surface area contributed by atoms with Crippen molar-refractivity contribution in [2.75, 3.05) is 31.4 Å². The summed E-state index contributed by atoms with van der Waals surface area (Å²) >= 11 is 0. The molecule has 0 spiro atoms. The molecule has 136 valence electrons. The van der Waals surface area contributed by atoms with Gasteiger partial charge in [-0.2, -0.15) is 0 Å². The van der Waals surface area contributed by atoms with Crippen molar-refractivity contribution in [2.24, 2.45) is 0 Å². The smallest absolute Gasteiger partial charge is 0.265 e. The van der Waals surface area contributed by atoms with Gasteiger partial charge in [-0.15, -0.1) is 0 Å². The molecule has 0 saturated heterocycles. The Morgan fingerprint density at radius 1 is 0.926 bits per heavy atom. The van der Waals surface area contributed by atoms with E-state index in [1.54, 1.807) is 18.2 Å². The fraction of sp³-hybridized carbons (Fsp3) is 0.182. The van der Waals surface area contributed by atoms with Crippen LogP contribution >= 0.6 is 0 Å². The van der Waals surface area contributed by atoms with Crippen LogP contribution in [-0.2, 0) is 6.54 Å². The molecule has 1 heterocycles. The minimum Gasteiger partial charge on any atom is -0.387 e. The summed E-state index contributed by atoms with van der Waals surface area (Å²) in [6.07, 6.45) is 0. The number of rotatable bonds is 4. The predicted molar refractivity (Wildman–Crippen MR) is 108 cm³/mol. The summed E-state index contributed by atoms with van der Waals surface area (Å²) < 4.78 is 0. The number of amides is 2. The van der Waals surface area contributed by atoms with Gasteiger partial charge in [-0.1, -0.05) is 30.3 Å². The highest BCUT2D eigenvalue weighted by atomic mass is 16.2. The third-order valence-corrected chi connectivity index (χ3v) is 4.86. The second-order valence-corrected chi connectivity index (χ2v) is 6.96. The van der Waals surface area contributed by atoms with Crippen LogP contribution < -0.4 is 10.2 Å². The largest absolute Gasteiger partial charge is 0.387 e. The summed E-state index contributed by atoms with van der Waals surface area (Å²) in [5.41, 5.74) is 3.69. The molecule has 5 heteroatoms. The van der Waals surface area contributed by atoms with Gasteiger partial charge in [0, 0.05) is 41.2 Å². The van der Waals surface area contributed by atoms with Gasteiger partial charge in [0.1, 0.15) is 0 Å². The summed E-state index contributed by atoms with van der Waals surface area (Å²) in [7, 11) is 5.85. The van der Waals surface area contributed by atoms with E-state index in [9.17, 15) is 9.59 Å². The quantitative estimate of drug-likeness (QED) is 0.721. The SMILES string of the molecule is CNc1c(CN(C)C)cc2c3c(cccc13)C(=O)N(c1ccccc1)C2=O. The monoisotopic (exact) mass is 359 g/mol. The highest BCUT2D eigenvalue weighted by molar-refractivity contribution is 6.36. The van der Waals surface area contributed by atoms with Gasteiger partial charge in [-0.25, -0.2) is 4.90 Å². The summed E-state index contributed by atoms with van der Waals surface area (Å²) in [6.45, 7) is 0.690. The molecule has 0 aliphatic carbocycles. The Labute approximate surface area is 158 Å². The van der Waals surface area contributed by atoms with E-state index >= 15 is 0 Å². The Bertz CT molecular complexity index is 1060. The molecule has 0 unspecified atom stereocenters. The molecule has 4 rings (SSSR count). The highest BCUT2D eigenvalue weighted by Crippen LogP contribution is 2.38. The Kier molecular flexibility index (Phi) is 4.16. The first kappa shape index (κ1) is 17.2. The van der Waals surface area contributed by atoms with Crippen LogP contribution in [0.4, 0.5) is 11.4 Å². The van der Waals surface area contributed by atoms with Crippen molar-refractivity contribution in [3.63, 3.8) is 0 Å². The molecular formula is C22H21N3O2. The fourth-order valence-corrected chi connectivity index (χ4v) is 3.79. The maximum Gasteiger partial charge on any atom is 0.265 e. The zero-order valence-corrected chi connectivity index (χ0v) is 15.6. The van der Waals surface area contributed by atoms with Crippen molar-refractivity contribution in [3.05, 3.63) is 71.3 Å². The minimum absolute atomic E-state index is 0.280. The average molecular weight is 359 g/mol. The molecule has 1 N–H and O–H groups in total. The summed E-state index contributed by atoms with van der Waals surface area (Å²) in [6, 6.07) is 16.6. The normalized spacial score (nSPS) is 13.6. The number of imide groups is 1. The molecule has 0 radical (unpaired) electrons. The highest BCUT2D eigenvalue weighted by Gasteiger charge is 2.35. The Morgan fingerprint density at radius 3 is 2.30 bits per heavy atom. The molecule has 3 aromatic rings. The minimum atomic E-state index is -0.285. The van der Waals surface area contributed by atoms with Crippen molar-refractivity contribution in [1.29, 1.82) is 0 Å². The number of hydrogen-bond acceptors (Lipinski definition) is 4. The molecule has 0 aromatic heterocycles. The first-order chi connectivity index (χ1) is 13.0. The van der Waals surface area contributed by atoms with Crippen LogP contribution in [0.5, 0.6) is 0 Å². The van der Waals surface area contributed by atoms with Crippen LogP contribution in [0.3, 0.4) is 0 Å². The van der Waals surface area contributed by atoms with Crippen molar-refractivity contribution < 1.29 is 9.59 Å². The van der Waals surface area contributed by atoms with Crippen molar-refractivity contribution >= 4 is 34.0 Å². The third kappa shape index (κ3) is 2.67. The molecule has 1 aliphatic heterocycles. The molecule has 27 heavy (non-hydrogen) atoms. The van der Waals surface area contributed by atoms with Gasteiger partial charge in [-0.05, 0) is 43.9 Å². The second-order valence-electron chi connectivity index (χ2n) is 6.96. The van der Waals surface area contributed by atoms with Gasteiger partial charge < -0.3 is 10.2 Å². The van der Waals surface area contributed by atoms with Gasteiger partial charge in [-0.3, -0.25) is 9.59 Å². The van der Waals surface area contributed by atoms with Gasteiger partial charge in [0.05, 0.1) is 5.69 Å². The third-order valence-electron chi connectivity index (χ3n) is 4.86. The zero-order valence-electron chi connectivity index (χ0n) is 15.6. The first-order valence-corrected chi connectivity index (χ1v) is 8.88. The maximum absolute atomic E-state index is 13.3. The molecule has 0 saturated carbocycles. The molecule has 0 fully saturated rings. The van der Waals surface area contributed by atoms with Crippen LogP contribution in [0, 0.1) is 0 Å². The van der Waals surface area contributed by atoms with Crippen LogP contribution in [0.1, 0.15) is 26.3 Å². The molecule has 0 bridgehead atoms. The van der Waals surface area contributed by atoms with Crippen LogP contribution in [-0.4, -0.2) is 37.9 Å². The lowest BCUT2D eigenvalue weighted by atomic mass is 9.90. The molecular weight excluding hydrogens is 338 g/mol. The number of anilines is 2. The van der Waals surface area contributed by atoms with E-state index in [-0.39, 0.29) is 11.8 Å². The van der Waals surface area contributed by atoms with E-state index in [1.807, 2.05) is 57.5 Å². The molecule has 1 aliphatic rings. The van der Waals surface area contributed by atoms with E-state index in [0.29, 0.717) is 23.4 Å².